The lowest BCUT2D eigenvalue weighted by molar-refractivity contribution is 0.274. The lowest BCUT2D eigenvalue weighted by Gasteiger charge is -2.26. The van der Waals surface area contributed by atoms with Crippen molar-refractivity contribution in [2.24, 2.45) is 11.8 Å². The summed E-state index contributed by atoms with van der Waals surface area (Å²) in [6, 6.07) is 4.63. The Morgan fingerprint density at radius 3 is 3.15 bits per heavy atom. The predicted molar refractivity (Wildman–Crippen MR) is 80.3 cm³/mol. The van der Waals surface area contributed by atoms with Crippen molar-refractivity contribution in [3.05, 3.63) is 24.0 Å². The van der Waals surface area contributed by atoms with Gasteiger partial charge in [-0.15, -0.1) is 0 Å². The van der Waals surface area contributed by atoms with Gasteiger partial charge < -0.3 is 10.3 Å². The van der Waals surface area contributed by atoms with Crippen LogP contribution in [0.4, 0.5) is 10.3 Å². The van der Waals surface area contributed by atoms with Crippen LogP contribution in [0.25, 0.3) is 11.0 Å². The lowest BCUT2D eigenvalue weighted by atomic mass is 9.81. The van der Waals surface area contributed by atoms with E-state index in [-0.39, 0.29) is 5.82 Å². The van der Waals surface area contributed by atoms with Gasteiger partial charge in [0.15, 0.2) is 0 Å². The van der Waals surface area contributed by atoms with Crippen molar-refractivity contribution >= 4 is 17.0 Å². The fraction of sp³-hybridized carbons (Fsp3) is 0.562. The maximum absolute atomic E-state index is 13.1. The standard InChI is InChI=1S/C16H22FN3/c1-11-3-2-4-12(9-11)7-8-18-16-19-14-6-5-13(17)10-15(14)20-16/h5-6,10-12H,2-4,7-9H2,1H3,(H2,18,19,20). The molecule has 0 amide bonds. The number of fused-ring (bicyclic) bond motifs is 1. The van der Waals surface area contributed by atoms with E-state index in [9.17, 15) is 4.39 Å². The first-order valence-electron chi connectivity index (χ1n) is 7.60. The number of halogens is 1. The Bertz CT molecular complexity index is 578. The molecule has 4 heteroatoms. The van der Waals surface area contributed by atoms with Crippen molar-refractivity contribution in [2.75, 3.05) is 11.9 Å². The lowest BCUT2D eigenvalue weighted by Crippen LogP contribution is -2.16. The summed E-state index contributed by atoms with van der Waals surface area (Å²) in [7, 11) is 0. The van der Waals surface area contributed by atoms with E-state index >= 15 is 0 Å². The van der Waals surface area contributed by atoms with Gasteiger partial charge in [0.25, 0.3) is 0 Å². The van der Waals surface area contributed by atoms with Crippen molar-refractivity contribution in [3.63, 3.8) is 0 Å². The number of benzene rings is 1. The first-order chi connectivity index (χ1) is 9.70. The molecular formula is C16H22FN3. The van der Waals surface area contributed by atoms with E-state index in [2.05, 4.69) is 22.2 Å². The second kappa shape index (κ2) is 5.81. The van der Waals surface area contributed by atoms with Crippen LogP contribution in [0.5, 0.6) is 0 Å². The molecule has 0 spiro atoms. The van der Waals surface area contributed by atoms with Crippen LogP contribution in [0.2, 0.25) is 0 Å². The molecule has 1 heterocycles. The van der Waals surface area contributed by atoms with Gasteiger partial charge in [0, 0.05) is 6.54 Å². The Morgan fingerprint density at radius 2 is 2.30 bits per heavy atom. The molecule has 0 saturated heterocycles. The normalized spacial score (nSPS) is 23.1. The molecular weight excluding hydrogens is 253 g/mol. The molecule has 2 N–H and O–H groups in total. The number of rotatable bonds is 4. The van der Waals surface area contributed by atoms with Crippen molar-refractivity contribution in [3.8, 4) is 0 Å². The maximum atomic E-state index is 13.1. The molecule has 3 nitrogen and oxygen atoms in total. The molecule has 1 aromatic heterocycles. The van der Waals surface area contributed by atoms with Crippen LogP contribution >= 0.6 is 0 Å². The van der Waals surface area contributed by atoms with Crippen LogP contribution < -0.4 is 5.32 Å². The zero-order valence-electron chi connectivity index (χ0n) is 12.0. The second-order valence-electron chi connectivity index (χ2n) is 6.10. The summed E-state index contributed by atoms with van der Waals surface area (Å²) < 4.78 is 13.1. The van der Waals surface area contributed by atoms with Crippen molar-refractivity contribution in [1.82, 2.24) is 9.97 Å². The van der Waals surface area contributed by atoms with Gasteiger partial charge in [-0.1, -0.05) is 26.2 Å². The molecule has 1 aliphatic rings. The number of hydrogen-bond donors (Lipinski definition) is 2. The van der Waals surface area contributed by atoms with Crippen LogP contribution in [0.15, 0.2) is 18.2 Å². The van der Waals surface area contributed by atoms with E-state index in [0.717, 1.165) is 35.4 Å². The fourth-order valence-corrected chi connectivity index (χ4v) is 3.28. The number of anilines is 1. The molecule has 1 fully saturated rings. The number of H-pyrrole nitrogens is 1. The summed E-state index contributed by atoms with van der Waals surface area (Å²) in [5, 5.41) is 3.33. The molecule has 1 saturated carbocycles. The van der Waals surface area contributed by atoms with E-state index in [4.69, 9.17) is 0 Å². The number of nitrogens with zero attached hydrogens (tertiary/aromatic N) is 1. The summed E-state index contributed by atoms with van der Waals surface area (Å²) >= 11 is 0. The summed E-state index contributed by atoms with van der Waals surface area (Å²) in [5.74, 6) is 2.23. The minimum Gasteiger partial charge on any atom is -0.356 e. The van der Waals surface area contributed by atoms with Crippen LogP contribution in [-0.2, 0) is 0 Å². The predicted octanol–water partition coefficient (Wildman–Crippen LogP) is 4.33. The number of imidazole rings is 1. The largest absolute Gasteiger partial charge is 0.356 e. The van der Waals surface area contributed by atoms with Gasteiger partial charge in [-0.25, -0.2) is 9.37 Å². The number of nitrogens with one attached hydrogen (secondary N) is 2. The zero-order chi connectivity index (χ0) is 13.9. The second-order valence-corrected chi connectivity index (χ2v) is 6.10. The summed E-state index contributed by atoms with van der Waals surface area (Å²) in [6.45, 7) is 3.28. The summed E-state index contributed by atoms with van der Waals surface area (Å²) in [6.07, 6.45) is 6.66. The van der Waals surface area contributed by atoms with E-state index < -0.39 is 0 Å². The highest BCUT2D eigenvalue weighted by Crippen LogP contribution is 2.30. The maximum Gasteiger partial charge on any atom is 0.201 e. The first kappa shape index (κ1) is 13.4. The highest BCUT2D eigenvalue weighted by atomic mass is 19.1. The first-order valence-corrected chi connectivity index (χ1v) is 7.60. The molecule has 20 heavy (non-hydrogen) atoms. The average molecular weight is 275 g/mol. The van der Waals surface area contributed by atoms with E-state index in [1.807, 2.05) is 0 Å². The Labute approximate surface area is 119 Å². The van der Waals surface area contributed by atoms with Crippen LogP contribution in [0.1, 0.15) is 39.0 Å². The Hall–Kier alpha value is -1.58. The Balaban J connectivity index is 1.54. The van der Waals surface area contributed by atoms with Gasteiger partial charge >= 0.3 is 0 Å². The number of aromatic amines is 1. The van der Waals surface area contributed by atoms with Crippen LogP contribution in [-0.4, -0.2) is 16.5 Å². The van der Waals surface area contributed by atoms with Crippen LogP contribution in [0, 0.1) is 17.7 Å². The fourth-order valence-electron chi connectivity index (χ4n) is 3.28. The molecule has 0 bridgehead atoms. The SMILES string of the molecule is CC1CCCC(CCNc2nc3ccc(F)cc3[nH]2)C1. The molecule has 2 aromatic rings. The van der Waals surface area contributed by atoms with Gasteiger partial charge in [-0.2, -0.15) is 0 Å². The smallest absolute Gasteiger partial charge is 0.201 e. The highest BCUT2D eigenvalue weighted by molar-refractivity contribution is 5.77. The highest BCUT2D eigenvalue weighted by Gasteiger charge is 2.18. The molecule has 0 aliphatic heterocycles. The van der Waals surface area contributed by atoms with Gasteiger partial charge in [-0.05, 0) is 42.9 Å². The monoisotopic (exact) mass is 275 g/mol. The average Bonchev–Trinajstić information content (AvgIpc) is 2.80. The molecule has 0 radical (unpaired) electrons. The Morgan fingerprint density at radius 1 is 1.40 bits per heavy atom. The zero-order valence-corrected chi connectivity index (χ0v) is 12.0. The molecule has 1 aromatic carbocycles. The number of hydrogen-bond acceptors (Lipinski definition) is 2. The molecule has 108 valence electrons. The minimum atomic E-state index is -0.233. The van der Waals surface area contributed by atoms with E-state index in [1.54, 1.807) is 6.07 Å². The third-order valence-corrected chi connectivity index (χ3v) is 4.33. The number of aromatic nitrogens is 2. The third kappa shape index (κ3) is 3.11. The summed E-state index contributed by atoms with van der Waals surface area (Å²) in [5.41, 5.74) is 1.55. The molecule has 2 atom stereocenters. The topological polar surface area (TPSA) is 40.7 Å². The molecule has 2 unspecified atom stereocenters. The Kier molecular flexibility index (Phi) is 3.90. The van der Waals surface area contributed by atoms with E-state index in [1.165, 1.54) is 44.2 Å². The third-order valence-electron chi connectivity index (χ3n) is 4.33. The molecule has 1 aliphatic carbocycles. The quantitative estimate of drug-likeness (QED) is 0.872. The summed E-state index contributed by atoms with van der Waals surface area (Å²) in [4.78, 5) is 7.54. The van der Waals surface area contributed by atoms with Gasteiger partial charge in [0.1, 0.15) is 5.82 Å². The van der Waals surface area contributed by atoms with Crippen LogP contribution in [0.3, 0.4) is 0 Å². The molecule has 3 rings (SSSR count). The van der Waals surface area contributed by atoms with Crippen molar-refractivity contribution in [1.29, 1.82) is 0 Å². The van der Waals surface area contributed by atoms with Crippen molar-refractivity contribution < 1.29 is 4.39 Å². The minimum absolute atomic E-state index is 0.233. The van der Waals surface area contributed by atoms with Crippen molar-refractivity contribution in [2.45, 2.75) is 39.0 Å². The van der Waals surface area contributed by atoms with E-state index in [0.29, 0.717) is 0 Å². The van der Waals surface area contributed by atoms with Gasteiger partial charge in [0.05, 0.1) is 11.0 Å². The van der Waals surface area contributed by atoms with Gasteiger partial charge in [-0.3, -0.25) is 0 Å². The van der Waals surface area contributed by atoms with Gasteiger partial charge in [0.2, 0.25) is 5.95 Å².